The first-order valence-electron chi connectivity index (χ1n) is 14.6. The molecule has 2 aliphatic carbocycles. The van der Waals surface area contributed by atoms with Crippen molar-refractivity contribution >= 4 is 23.1 Å². The maximum absolute atomic E-state index is 14.3. The van der Waals surface area contributed by atoms with Crippen molar-refractivity contribution in [2.75, 3.05) is 26.3 Å². The fourth-order valence-electron chi connectivity index (χ4n) is 6.21. The fourth-order valence-corrected chi connectivity index (χ4v) is 6.42. The van der Waals surface area contributed by atoms with E-state index in [0.29, 0.717) is 24.3 Å². The highest BCUT2D eigenvalue weighted by Crippen LogP contribution is 2.46. The minimum absolute atomic E-state index is 0.000573. The molecule has 0 radical (unpaired) electrons. The average molecular weight is 593 g/mol. The molecule has 3 aromatic carbocycles. The number of nitrogens with one attached hydrogen (secondary N) is 1. The molecular formula is C34H35ClF2N2O3. The number of rotatable bonds is 10. The number of fused-ring (bicyclic) bond motifs is 1. The molecule has 0 unspecified atom stereocenters. The normalized spacial score (nSPS) is 19.6. The Morgan fingerprint density at radius 3 is 2.48 bits per heavy atom. The van der Waals surface area contributed by atoms with Gasteiger partial charge in [0.05, 0.1) is 0 Å². The predicted octanol–water partition coefficient (Wildman–Crippen LogP) is 6.88. The average Bonchev–Trinajstić information content (AvgIpc) is 3.61. The molecule has 8 heteroatoms. The van der Waals surface area contributed by atoms with Crippen molar-refractivity contribution in [1.82, 2.24) is 10.2 Å². The summed E-state index contributed by atoms with van der Waals surface area (Å²) in [4.78, 5) is 16.4. The molecule has 0 spiro atoms. The van der Waals surface area contributed by atoms with Gasteiger partial charge in [0.15, 0.2) is 11.6 Å². The van der Waals surface area contributed by atoms with Gasteiger partial charge in [-0.05, 0) is 97.7 Å². The number of allylic oxidation sites excluding steroid dienone is 1. The lowest BCUT2D eigenvalue weighted by atomic mass is 9.93. The predicted molar refractivity (Wildman–Crippen MR) is 160 cm³/mol. The first kappa shape index (κ1) is 28.7. The molecule has 5 nitrogen and oxygen atoms in total. The minimum atomic E-state index is -0.742. The van der Waals surface area contributed by atoms with Gasteiger partial charge in [0, 0.05) is 30.6 Å². The molecule has 1 N–H and O–H groups in total. The maximum atomic E-state index is 14.3. The first-order valence-corrected chi connectivity index (χ1v) is 15.0. The molecule has 6 rings (SSSR count). The van der Waals surface area contributed by atoms with Crippen LogP contribution in [0, 0.1) is 37.3 Å². The van der Waals surface area contributed by atoms with Crippen molar-refractivity contribution in [3.63, 3.8) is 0 Å². The van der Waals surface area contributed by atoms with Gasteiger partial charge in [-0.3, -0.25) is 4.79 Å². The molecule has 1 amide bonds. The van der Waals surface area contributed by atoms with E-state index in [2.05, 4.69) is 42.3 Å². The zero-order valence-electron chi connectivity index (χ0n) is 23.9. The summed E-state index contributed by atoms with van der Waals surface area (Å²) in [5.74, 6) is -0.358. The van der Waals surface area contributed by atoms with Crippen LogP contribution in [0.3, 0.4) is 0 Å². The first-order chi connectivity index (χ1) is 20.3. The van der Waals surface area contributed by atoms with Crippen LogP contribution in [-0.2, 0) is 11.3 Å². The molecule has 1 aliphatic heterocycles. The fraction of sp³-hybridized carbons (Fsp3) is 0.382. The topological polar surface area (TPSA) is 50.8 Å². The number of carbonyl (C=O) groups is 1. The number of amides is 1. The van der Waals surface area contributed by atoms with Crippen LogP contribution >= 0.6 is 11.6 Å². The summed E-state index contributed by atoms with van der Waals surface area (Å²) in [7, 11) is 0. The molecule has 1 heterocycles. The summed E-state index contributed by atoms with van der Waals surface area (Å²) >= 11 is 5.82. The van der Waals surface area contributed by atoms with Gasteiger partial charge < -0.3 is 19.7 Å². The molecule has 42 heavy (non-hydrogen) atoms. The summed E-state index contributed by atoms with van der Waals surface area (Å²) in [6.07, 6.45) is 2.98. The second-order valence-electron chi connectivity index (χ2n) is 11.5. The Kier molecular flexibility index (Phi) is 8.24. The van der Waals surface area contributed by atoms with Crippen LogP contribution in [0.1, 0.15) is 41.5 Å². The number of aryl methyl sites for hydroxylation is 1. The van der Waals surface area contributed by atoms with E-state index in [0.717, 1.165) is 61.2 Å². The van der Waals surface area contributed by atoms with Crippen LogP contribution in [0.25, 0.3) is 5.57 Å². The quantitative estimate of drug-likeness (QED) is 0.206. The maximum Gasteiger partial charge on any atom is 0.250 e. The lowest BCUT2D eigenvalue weighted by Gasteiger charge is -2.27. The number of hydrogen-bond donors (Lipinski definition) is 1. The molecule has 2 fully saturated rings. The second-order valence-corrected chi connectivity index (χ2v) is 11.9. The van der Waals surface area contributed by atoms with E-state index in [1.807, 2.05) is 24.3 Å². The molecule has 3 aliphatic rings. The van der Waals surface area contributed by atoms with E-state index < -0.39 is 11.6 Å². The summed E-state index contributed by atoms with van der Waals surface area (Å²) in [5.41, 5.74) is 6.83. The van der Waals surface area contributed by atoms with Crippen molar-refractivity contribution in [3.8, 4) is 11.5 Å². The highest BCUT2D eigenvalue weighted by Gasteiger charge is 2.44. The van der Waals surface area contributed by atoms with Crippen LogP contribution in [0.5, 0.6) is 11.5 Å². The molecule has 0 bridgehead atoms. The SMILES string of the molecule is Cc1cccc(CN(C(=O)C2=C(c3ccc(OCCOc4c(F)ccc(F)c4Cl)cc3)C[C@H]3CNC[C@@H]23)C2CC2)c1C. The Hall–Kier alpha value is -3.42. The van der Waals surface area contributed by atoms with E-state index in [1.165, 1.54) is 16.7 Å². The van der Waals surface area contributed by atoms with Crippen LogP contribution < -0.4 is 14.8 Å². The summed E-state index contributed by atoms with van der Waals surface area (Å²) in [5, 5.41) is 3.12. The van der Waals surface area contributed by atoms with Crippen LogP contribution in [0.4, 0.5) is 8.78 Å². The van der Waals surface area contributed by atoms with Crippen molar-refractivity contribution < 1.29 is 23.0 Å². The van der Waals surface area contributed by atoms with Crippen molar-refractivity contribution in [2.24, 2.45) is 11.8 Å². The summed E-state index contributed by atoms with van der Waals surface area (Å²) in [6, 6.07) is 16.3. The van der Waals surface area contributed by atoms with Gasteiger partial charge in [0.2, 0.25) is 0 Å². The van der Waals surface area contributed by atoms with Crippen molar-refractivity contribution in [3.05, 3.63) is 99.1 Å². The minimum Gasteiger partial charge on any atom is -0.490 e. The Bertz CT molecular complexity index is 1520. The Labute approximate surface area is 250 Å². The van der Waals surface area contributed by atoms with Gasteiger partial charge in [0.1, 0.15) is 29.8 Å². The highest BCUT2D eigenvalue weighted by molar-refractivity contribution is 6.32. The van der Waals surface area contributed by atoms with Gasteiger partial charge in [-0.1, -0.05) is 41.9 Å². The number of hydrogen-bond acceptors (Lipinski definition) is 4. The highest BCUT2D eigenvalue weighted by atomic mass is 35.5. The molecule has 1 saturated heterocycles. The van der Waals surface area contributed by atoms with E-state index in [9.17, 15) is 13.6 Å². The largest absolute Gasteiger partial charge is 0.490 e. The van der Waals surface area contributed by atoms with Gasteiger partial charge in [-0.25, -0.2) is 8.78 Å². The van der Waals surface area contributed by atoms with Gasteiger partial charge in [-0.15, -0.1) is 0 Å². The van der Waals surface area contributed by atoms with Crippen LogP contribution in [-0.4, -0.2) is 43.2 Å². The van der Waals surface area contributed by atoms with E-state index in [1.54, 1.807) is 0 Å². The zero-order valence-corrected chi connectivity index (χ0v) is 24.6. The van der Waals surface area contributed by atoms with E-state index in [4.69, 9.17) is 21.1 Å². The third kappa shape index (κ3) is 5.77. The number of nitrogens with zero attached hydrogens (tertiary/aromatic N) is 1. The molecule has 2 atom stereocenters. The van der Waals surface area contributed by atoms with E-state index >= 15 is 0 Å². The monoisotopic (exact) mass is 592 g/mol. The van der Waals surface area contributed by atoms with Crippen molar-refractivity contribution in [2.45, 2.75) is 45.7 Å². The Morgan fingerprint density at radius 2 is 1.71 bits per heavy atom. The summed E-state index contributed by atoms with van der Waals surface area (Å²) in [6.45, 7) is 6.77. The third-order valence-electron chi connectivity index (χ3n) is 8.84. The lowest BCUT2D eigenvalue weighted by Crippen LogP contribution is -2.36. The third-order valence-corrected chi connectivity index (χ3v) is 9.19. The number of benzene rings is 3. The number of ether oxygens (including phenoxy) is 2. The molecule has 3 aromatic rings. The number of halogens is 3. The smallest absolute Gasteiger partial charge is 0.250 e. The zero-order chi connectivity index (χ0) is 29.4. The molecule has 0 aromatic heterocycles. The molecular weight excluding hydrogens is 558 g/mol. The van der Waals surface area contributed by atoms with Crippen LogP contribution in [0.2, 0.25) is 5.02 Å². The standard InChI is InChI=1S/C34H35ClF2N2O3/c1-20-4-3-5-23(21(20)2)19-39(25-8-9-25)34(40)31-27(16-24-17-38-18-28(24)31)22-6-10-26(11-7-22)41-14-15-42-33-30(37)13-12-29(36)32(33)35/h3-7,10-13,24-25,28,38H,8-9,14-19H2,1-2H3/t24-,28+/m0/s1. The summed E-state index contributed by atoms with van der Waals surface area (Å²) < 4.78 is 38.7. The second kappa shape index (κ2) is 12.1. The van der Waals surface area contributed by atoms with E-state index in [-0.39, 0.29) is 35.8 Å². The van der Waals surface area contributed by atoms with Gasteiger partial charge in [-0.2, -0.15) is 0 Å². The van der Waals surface area contributed by atoms with Gasteiger partial charge in [0.25, 0.3) is 5.91 Å². The molecule has 220 valence electrons. The Balaban J connectivity index is 1.18. The number of carbonyl (C=O) groups excluding carboxylic acids is 1. The lowest BCUT2D eigenvalue weighted by molar-refractivity contribution is -0.128. The van der Waals surface area contributed by atoms with Crippen molar-refractivity contribution in [1.29, 1.82) is 0 Å². The Morgan fingerprint density at radius 1 is 0.976 bits per heavy atom. The molecule has 1 saturated carbocycles. The van der Waals surface area contributed by atoms with Crippen LogP contribution in [0.15, 0.2) is 60.2 Å². The van der Waals surface area contributed by atoms with Gasteiger partial charge >= 0.3 is 0 Å².